The topological polar surface area (TPSA) is 89.0 Å². The van der Waals surface area contributed by atoms with Gasteiger partial charge in [-0.3, -0.25) is 9.59 Å². The van der Waals surface area contributed by atoms with Gasteiger partial charge in [-0.05, 0) is 42.0 Å². The van der Waals surface area contributed by atoms with E-state index in [1.54, 1.807) is 30.3 Å². The lowest BCUT2D eigenvalue weighted by atomic mass is 10.2. The van der Waals surface area contributed by atoms with Gasteiger partial charge in [0.15, 0.2) is 11.5 Å². The average molecular weight is 408 g/mol. The molecule has 1 aliphatic heterocycles. The van der Waals surface area contributed by atoms with E-state index in [0.717, 1.165) is 5.56 Å². The molecular formula is C18H15Cl2N3O4. The van der Waals surface area contributed by atoms with Crippen LogP contribution in [0.5, 0.6) is 11.5 Å². The highest BCUT2D eigenvalue weighted by atomic mass is 35.5. The maximum atomic E-state index is 11.9. The normalized spacial score (nSPS) is 12.2. The number of anilines is 1. The number of nitrogens with one attached hydrogen (secondary N) is 2. The lowest BCUT2D eigenvalue weighted by Crippen LogP contribution is -2.20. The SMILES string of the molecule is O=C(CCC(=O)Nc1ccc(Cl)cc1Cl)N/N=C/c1ccc2c(c1)OCO2. The molecule has 0 atom stereocenters. The summed E-state index contributed by atoms with van der Waals surface area (Å²) >= 11 is 11.8. The highest BCUT2D eigenvalue weighted by molar-refractivity contribution is 6.36. The Morgan fingerprint density at radius 3 is 2.63 bits per heavy atom. The molecule has 3 rings (SSSR count). The minimum Gasteiger partial charge on any atom is -0.454 e. The molecule has 2 aromatic carbocycles. The number of rotatable bonds is 6. The van der Waals surface area contributed by atoms with Crippen molar-refractivity contribution in [2.45, 2.75) is 12.8 Å². The van der Waals surface area contributed by atoms with E-state index >= 15 is 0 Å². The van der Waals surface area contributed by atoms with Gasteiger partial charge < -0.3 is 14.8 Å². The monoisotopic (exact) mass is 407 g/mol. The Labute approximate surface area is 165 Å². The summed E-state index contributed by atoms with van der Waals surface area (Å²) in [5, 5.41) is 7.29. The van der Waals surface area contributed by atoms with Crippen LogP contribution in [0.15, 0.2) is 41.5 Å². The second-order valence-electron chi connectivity index (χ2n) is 5.58. The molecule has 140 valence electrons. The van der Waals surface area contributed by atoms with Crippen molar-refractivity contribution < 1.29 is 19.1 Å². The van der Waals surface area contributed by atoms with E-state index < -0.39 is 0 Å². The van der Waals surface area contributed by atoms with Crippen LogP contribution in [-0.2, 0) is 9.59 Å². The summed E-state index contributed by atoms with van der Waals surface area (Å²) in [6.45, 7) is 0.190. The van der Waals surface area contributed by atoms with Gasteiger partial charge in [-0.15, -0.1) is 0 Å². The molecule has 0 saturated carbocycles. The van der Waals surface area contributed by atoms with Crippen LogP contribution in [-0.4, -0.2) is 24.8 Å². The number of hydrogen-bond donors (Lipinski definition) is 2. The summed E-state index contributed by atoms with van der Waals surface area (Å²) in [5.41, 5.74) is 3.55. The highest BCUT2D eigenvalue weighted by Gasteiger charge is 2.12. The number of ether oxygens (including phenoxy) is 2. The first kappa shape index (κ1) is 19.0. The molecular weight excluding hydrogens is 393 g/mol. The first-order chi connectivity index (χ1) is 13.0. The molecule has 0 spiro atoms. The zero-order valence-corrected chi connectivity index (χ0v) is 15.5. The Bertz CT molecular complexity index is 902. The largest absolute Gasteiger partial charge is 0.454 e. The van der Waals surface area contributed by atoms with Gasteiger partial charge in [-0.2, -0.15) is 5.10 Å². The average Bonchev–Trinajstić information content (AvgIpc) is 3.10. The zero-order valence-electron chi connectivity index (χ0n) is 14.0. The van der Waals surface area contributed by atoms with Crippen LogP contribution < -0.4 is 20.2 Å². The summed E-state index contributed by atoms with van der Waals surface area (Å²) in [6.07, 6.45) is 1.45. The fourth-order valence-corrected chi connectivity index (χ4v) is 2.71. The number of fused-ring (bicyclic) bond motifs is 1. The molecule has 0 radical (unpaired) electrons. The zero-order chi connectivity index (χ0) is 19.2. The number of amides is 2. The van der Waals surface area contributed by atoms with Crippen LogP contribution in [0.2, 0.25) is 10.0 Å². The predicted molar refractivity (Wildman–Crippen MR) is 103 cm³/mol. The van der Waals surface area contributed by atoms with Gasteiger partial charge in [0.05, 0.1) is 16.9 Å². The number of benzene rings is 2. The number of carbonyl (C=O) groups excluding carboxylic acids is 2. The molecule has 27 heavy (non-hydrogen) atoms. The minimum absolute atomic E-state index is 0.00959. The lowest BCUT2D eigenvalue weighted by Gasteiger charge is -2.07. The fourth-order valence-electron chi connectivity index (χ4n) is 2.26. The molecule has 0 fully saturated rings. The lowest BCUT2D eigenvalue weighted by molar-refractivity contribution is -0.124. The Hall–Kier alpha value is -2.77. The van der Waals surface area contributed by atoms with Gasteiger partial charge in [-0.25, -0.2) is 5.43 Å². The smallest absolute Gasteiger partial charge is 0.240 e. The summed E-state index contributed by atoms with van der Waals surface area (Å²) in [7, 11) is 0. The molecule has 0 bridgehead atoms. The molecule has 0 aromatic heterocycles. The summed E-state index contributed by atoms with van der Waals surface area (Å²) in [4.78, 5) is 23.7. The number of hydrazone groups is 1. The van der Waals surface area contributed by atoms with Gasteiger partial charge in [-0.1, -0.05) is 23.2 Å². The van der Waals surface area contributed by atoms with E-state index in [1.165, 1.54) is 12.3 Å². The Morgan fingerprint density at radius 1 is 1.04 bits per heavy atom. The van der Waals surface area contributed by atoms with Crippen molar-refractivity contribution in [2.24, 2.45) is 5.10 Å². The third-order valence-electron chi connectivity index (χ3n) is 3.58. The Morgan fingerprint density at radius 2 is 1.81 bits per heavy atom. The van der Waals surface area contributed by atoms with E-state index in [9.17, 15) is 9.59 Å². The van der Waals surface area contributed by atoms with Crippen molar-refractivity contribution >= 4 is 46.9 Å². The maximum Gasteiger partial charge on any atom is 0.240 e. The minimum atomic E-state index is -0.385. The summed E-state index contributed by atoms with van der Waals surface area (Å²) in [6, 6.07) is 10.0. The Balaban J connectivity index is 1.43. The van der Waals surface area contributed by atoms with Crippen molar-refractivity contribution in [3.63, 3.8) is 0 Å². The molecule has 0 aliphatic carbocycles. The molecule has 9 heteroatoms. The van der Waals surface area contributed by atoms with Gasteiger partial charge >= 0.3 is 0 Å². The van der Waals surface area contributed by atoms with Crippen LogP contribution in [0.3, 0.4) is 0 Å². The highest BCUT2D eigenvalue weighted by Crippen LogP contribution is 2.32. The molecule has 1 heterocycles. The van der Waals surface area contributed by atoms with Gasteiger partial charge in [0.2, 0.25) is 18.6 Å². The number of nitrogens with zero attached hydrogens (tertiary/aromatic N) is 1. The second-order valence-corrected chi connectivity index (χ2v) is 6.42. The standard InChI is InChI=1S/C18H15Cl2N3O4/c19-12-2-3-14(13(20)8-12)22-17(24)5-6-18(25)23-21-9-11-1-4-15-16(7-11)27-10-26-15/h1-4,7-9H,5-6,10H2,(H,22,24)(H,23,25)/b21-9+. The quantitative estimate of drug-likeness (QED) is 0.565. The van der Waals surface area contributed by atoms with Crippen LogP contribution in [0.25, 0.3) is 0 Å². The Kier molecular flexibility index (Phi) is 6.16. The van der Waals surface area contributed by atoms with E-state index in [-0.39, 0.29) is 31.4 Å². The molecule has 7 nitrogen and oxygen atoms in total. The molecule has 1 aliphatic rings. The van der Waals surface area contributed by atoms with Crippen molar-refractivity contribution in [3.05, 3.63) is 52.0 Å². The summed E-state index contributed by atoms with van der Waals surface area (Å²) < 4.78 is 10.5. The summed E-state index contributed by atoms with van der Waals surface area (Å²) in [5.74, 6) is 0.573. The number of hydrogen-bond acceptors (Lipinski definition) is 5. The van der Waals surface area contributed by atoms with Crippen LogP contribution in [0, 0.1) is 0 Å². The van der Waals surface area contributed by atoms with Crippen molar-refractivity contribution in [1.82, 2.24) is 5.43 Å². The van der Waals surface area contributed by atoms with E-state index in [1.807, 2.05) is 0 Å². The van der Waals surface area contributed by atoms with Crippen molar-refractivity contribution in [2.75, 3.05) is 12.1 Å². The van der Waals surface area contributed by atoms with E-state index in [0.29, 0.717) is 27.2 Å². The second kappa shape index (κ2) is 8.75. The third-order valence-corrected chi connectivity index (χ3v) is 4.13. The molecule has 2 amide bonds. The van der Waals surface area contributed by atoms with Gasteiger partial charge in [0.1, 0.15) is 0 Å². The molecule has 0 saturated heterocycles. The van der Waals surface area contributed by atoms with Gasteiger partial charge in [0, 0.05) is 17.9 Å². The number of halogens is 2. The van der Waals surface area contributed by atoms with Crippen molar-refractivity contribution in [1.29, 1.82) is 0 Å². The third kappa shape index (κ3) is 5.35. The predicted octanol–water partition coefficient (Wildman–Crippen LogP) is 3.59. The van der Waals surface area contributed by atoms with E-state index in [2.05, 4.69) is 15.8 Å². The first-order valence-electron chi connectivity index (χ1n) is 7.98. The fraction of sp³-hybridized carbons (Fsp3) is 0.167. The van der Waals surface area contributed by atoms with Gasteiger partial charge in [0.25, 0.3) is 0 Å². The molecule has 2 aromatic rings. The molecule has 2 N–H and O–H groups in total. The van der Waals surface area contributed by atoms with Crippen LogP contribution >= 0.6 is 23.2 Å². The van der Waals surface area contributed by atoms with Crippen LogP contribution in [0.1, 0.15) is 18.4 Å². The van der Waals surface area contributed by atoms with E-state index in [4.69, 9.17) is 32.7 Å². The van der Waals surface area contributed by atoms with Crippen molar-refractivity contribution in [3.8, 4) is 11.5 Å². The maximum absolute atomic E-state index is 11.9. The number of carbonyl (C=O) groups is 2. The van der Waals surface area contributed by atoms with Crippen LogP contribution in [0.4, 0.5) is 5.69 Å². The first-order valence-corrected chi connectivity index (χ1v) is 8.73. The molecule has 0 unspecified atom stereocenters.